The number of piperazine rings is 1. The summed E-state index contributed by atoms with van der Waals surface area (Å²) in [6.45, 7) is 1.86. The van der Waals surface area contributed by atoms with E-state index in [4.69, 9.17) is 17.3 Å². The molecule has 128 valence electrons. The maximum atomic E-state index is 12.5. The number of nitrogens with two attached hydrogens (primary N) is 1. The van der Waals surface area contributed by atoms with Crippen LogP contribution in [0.1, 0.15) is 5.56 Å². The highest BCUT2D eigenvalue weighted by Crippen LogP contribution is 2.20. The van der Waals surface area contributed by atoms with Crippen molar-refractivity contribution in [3.8, 4) is 0 Å². The van der Waals surface area contributed by atoms with Crippen LogP contribution in [0.3, 0.4) is 0 Å². The molecule has 1 aromatic carbocycles. The molecule has 0 amide bonds. The Morgan fingerprint density at radius 2 is 1.75 bits per heavy atom. The average Bonchev–Trinajstić information content (AvgIpc) is 2.54. The third kappa shape index (κ3) is 3.95. The molecule has 0 atom stereocenters. The topological polar surface area (TPSA) is 92.4 Å². The number of hydrogen-bond acceptors (Lipinski definition) is 6. The lowest BCUT2D eigenvalue weighted by atomic mass is 10.2. The number of sulfonamides is 1. The van der Waals surface area contributed by atoms with E-state index in [0.717, 1.165) is 5.56 Å². The summed E-state index contributed by atoms with van der Waals surface area (Å²) in [5, 5.41) is 0.275. The summed E-state index contributed by atoms with van der Waals surface area (Å²) < 4.78 is 26.6. The summed E-state index contributed by atoms with van der Waals surface area (Å²) in [7, 11) is -3.34. The zero-order valence-corrected chi connectivity index (χ0v) is 14.5. The van der Waals surface area contributed by atoms with Crippen molar-refractivity contribution in [1.29, 1.82) is 0 Å². The summed E-state index contributed by atoms with van der Waals surface area (Å²) in [6.07, 6.45) is 0. The van der Waals surface area contributed by atoms with Crippen LogP contribution in [0.5, 0.6) is 0 Å². The Morgan fingerprint density at radius 3 is 2.38 bits per heavy atom. The Labute approximate surface area is 146 Å². The molecule has 2 aromatic rings. The third-order valence-electron chi connectivity index (χ3n) is 3.85. The Hall–Kier alpha value is -1.90. The molecule has 1 fully saturated rings. The molecule has 0 spiro atoms. The van der Waals surface area contributed by atoms with Crippen LogP contribution < -0.4 is 10.6 Å². The fourth-order valence-electron chi connectivity index (χ4n) is 2.66. The smallest absolute Gasteiger partial charge is 0.223 e. The van der Waals surface area contributed by atoms with Gasteiger partial charge in [-0.15, -0.1) is 0 Å². The second kappa shape index (κ2) is 6.92. The first-order chi connectivity index (χ1) is 11.4. The number of benzene rings is 1. The summed E-state index contributed by atoms with van der Waals surface area (Å²) in [5.74, 6) is 0.740. The maximum absolute atomic E-state index is 12.5. The Kier molecular flexibility index (Phi) is 4.88. The lowest BCUT2D eigenvalue weighted by molar-refractivity contribution is 0.383. The van der Waals surface area contributed by atoms with E-state index in [0.29, 0.717) is 32.0 Å². The molecule has 0 unspecified atom stereocenters. The highest BCUT2D eigenvalue weighted by molar-refractivity contribution is 7.88. The molecular formula is C15H18ClN5O2S. The van der Waals surface area contributed by atoms with Crippen molar-refractivity contribution < 1.29 is 8.42 Å². The summed E-state index contributed by atoms with van der Waals surface area (Å²) >= 11 is 5.90. The van der Waals surface area contributed by atoms with Gasteiger partial charge in [-0.1, -0.05) is 41.9 Å². The highest BCUT2D eigenvalue weighted by Gasteiger charge is 2.27. The molecule has 2 heterocycles. The van der Waals surface area contributed by atoms with E-state index in [-0.39, 0.29) is 16.9 Å². The molecule has 0 aliphatic carbocycles. The van der Waals surface area contributed by atoms with E-state index in [2.05, 4.69) is 9.97 Å². The molecule has 0 radical (unpaired) electrons. The Balaban J connectivity index is 1.66. The first-order valence-corrected chi connectivity index (χ1v) is 9.49. The van der Waals surface area contributed by atoms with Gasteiger partial charge in [0, 0.05) is 32.2 Å². The minimum Gasteiger partial charge on any atom is -0.368 e. The van der Waals surface area contributed by atoms with Crippen molar-refractivity contribution >= 4 is 33.4 Å². The summed E-state index contributed by atoms with van der Waals surface area (Å²) in [5.41, 5.74) is 6.40. The molecule has 1 aliphatic heterocycles. The van der Waals surface area contributed by atoms with Gasteiger partial charge >= 0.3 is 0 Å². The van der Waals surface area contributed by atoms with Gasteiger partial charge in [-0.05, 0) is 5.56 Å². The number of nitrogens with zero attached hydrogens (tertiary/aromatic N) is 4. The van der Waals surface area contributed by atoms with Crippen LogP contribution >= 0.6 is 11.6 Å². The van der Waals surface area contributed by atoms with E-state index in [1.165, 1.54) is 4.31 Å². The van der Waals surface area contributed by atoms with Gasteiger partial charge in [0.2, 0.25) is 16.0 Å². The van der Waals surface area contributed by atoms with Gasteiger partial charge in [0.1, 0.15) is 11.0 Å². The lowest BCUT2D eigenvalue weighted by Gasteiger charge is -2.34. The quantitative estimate of drug-likeness (QED) is 0.820. The van der Waals surface area contributed by atoms with Crippen molar-refractivity contribution in [1.82, 2.24) is 14.3 Å². The van der Waals surface area contributed by atoms with Crippen LogP contribution in [0.2, 0.25) is 5.15 Å². The molecule has 1 aromatic heterocycles. The van der Waals surface area contributed by atoms with Crippen molar-refractivity contribution in [3.63, 3.8) is 0 Å². The first kappa shape index (κ1) is 16.9. The van der Waals surface area contributed by atoms with E-state index in [1.807, 2.05) is 35.2 Å². The standard InChI is InChI=1S/C15H18ClN5O2S/c16-13-10-14(19-15(17)18-13)20-6-8-21(9-7-20)24(22,23)11-12-4-2-1-3-5-12/h1-5,10H,6-9,11H2,(H2,17,18,19). The zero-order valence-electron chi connectivity index (χ0n) is 13.0. The predicted octanol–water partition coefficient (Wildman–Crippen LogP) is 1.36. The van der Waals surface area contributed by atoms with Gasteiger partial charge in [-0.3, -0.25) is 0 Å². The lowest BCUT2D eigenvalue weighted by Crippen LogP contribution is -2.49. The Bertz CT molecular complexity index is 788. The van der Waals surface area contributed by atoms with Gasteiger partial charge in [-0.25, -0.2) is 13.4 Å². The molecule has 0 saturated carbocycles. The summed E-state index contributed by atoms with van der Waals surface area (Å²) in [6, 6.07) is 10.8. The predicted molar refractivity (Wildman–Crippen MR) is 94.3 cm³/mol. The van der Waals surface area contributed by atoms with Crippen LogP contribution in [0.25, 0.3) is 0 Å². The second-order valence-corrected chi connectivity index (χ2v) is 7.89. The minimum atomic E-state index is -3.34. The summed E-state index contributed by atoms with van der Waals surface area (Å²) in [4.78, 5) is 9.94. The van der Waals surface area contributed by atoms with Gasteiger partial charge in [0.15, 0.2) is 0 Å². The SMILES string of the molecule is Nc1nc(Cl)cc(N2CCN(S(=O)(=O)Cc3ccccc3)CC2)n1. The molecule has 7 nitrogen and oxygen atoms in total. The fourth-order valence-corrected chi connectivity index (χ4v) is 4.36. The fraction of sp³-hybridized carbons (Fsp3) is 0.333. The van der Waals surface area contributed by atoms with Crippen molar-refractivity contribution in [2.24, 2.45) is 0 Å². The van der Waals surface area contributed by atoms with Crippen LogP contribution in [-0.4, -0.2) is 48.9 Å². The average molecular weight is 368 g/mol. The monoisotopic (exact) mass is 367 g/mol. The number of aromatic nitrogens is 2. The number of halogens is 1. The molecule has 24 heavy (non-hydrogen) atoms. The maximum Gasteiger partial charge on any atom is 0.223 e. The van der Waals surface area contributed by atoms with Gasteiger partial charge in [0.25, 0.3) is 0 Å². The minimum absolute atomic E-state index is 0.0140. The third-order valence-corrected chi connectivity index (χ3v) is 5.89. The van der Waals surface area contributed by atoms with Gasteiger partial charge < -0.3 is 10.6 Å². The highest BCUT2D eigenvalue weighted by atomic mass is 35.5. The van der Waals surface area contributed by atoms with Crippen LogP contribution in [0.15, 0.2) is 36.4 Å². The number of nitrogen functional groups attached to an aromatic ring is 1. The van der Waals surface area contributed by atoms with Gasteiger partial charge in [-0.2, -0.15) is 9.29 Å². The normalized spacial score (nSPS) is 16.3. The number of rotatable bonds is 4. The van der Waals surface area contributed by atoms with Crippen molar-refractivity contribution in [2.45, 2.75) is 5.75 Å². The van der Waals surface area contributed by atoms with Crippen molar-refractivity contribution in [2.75, 3.05) is 36.8 Å². The molecule has 1 aliphatic rings. The van der Waals surface area contributed by atoms with Crippen LogP contribution in [-0.2, 0) is 15.8 Å². The Morgan fingerprint density at radius 1 is 1.08 bits per heavy atom. The van der Waals surface area contributed by atoms with E-state index in [9.17, 15) is 8.42 Å². The van der Waals surface area contributed by atoms with E-state index < -0.39 is 10.0 Å². The molecular weight excluding hydrogens is 350 g/mol. The van der Waals surface area contributed by atoms with Crippen LogP contribution in [0, 0.1) is 0 Å². The first-order valence-electron chi connectivity index (χ1n) is 7.51. The molecule has 3 rings (SSSR count). The molecule has 0 bridgehead atoms. The molecule has 1 saturated heterocycles. The number of hydrogen-bond donors (Lipinski definition) is 1. The van der Waals surface area contributed by atoms with Gasteiger partial charge in [0.05, 0.1) is 5.75 Å². The molecule has 9 heteroatoms. The van der Waals surface area contributed by atoms with Crippen LogP contribution in [0.4, 0.5) is 11.8 Å². The van der Waals surface area contributed by atoms with Crippen molar-refractivity contribution in [3.05, 3.63) is 47.1 Å². The molecule has 2 N–H and O–H groups in total. The zero-order chi connectivity index (χ0) is 17.2. The second-order valence-electron chi connectivity index (χ2n) is 5.53. The largest absolute Gasteiger partial charge is 0.368 e. The van der Waals surface area contributed by atoms with E-state index in [1.54, 1.807) is 6.07 Å². The van der Waals surface area contributed by atoms with E-state index >= 15 is 0 Å². The number of anilines is 2.